The maximum atomic E-state index is 11.6. The Bertz CT molecular complexity index is 687. The molecule has 0 aliphatic rings. The maximum Gasteiger partial charge on any atom is 0.233 e. The van der Waals surface area contributed by atoms with Crippen molar-refractivity contribution >= 4 is 43.3 Å². The minimum atomic E-state index is -3.34. The lowest BCUT2D eigenvalue weighted by molar-refractivity contribution is 0.599. The number of aromatic nitrogens is 2. The fourth-order valence-corrected chi connectivity index (χ4v) is 2.94. The first-order valence-electron chi connectivity index (χ1n) is 6.35. The van der Waals surface area contributed by atoms with E-state index in [1.54, 1.807) is 19.1 Å². The van der Waals surface area contributed by atoms with E-state index in [0.717, 1.165) is 10.2 Å². The van der Waals surface area contributed by atoms with Crippen molar-refractivity contribution < 1.29 is 8.42 Å². The Kier molecular flexibility index (Phi) is 5.13. The van der Waals surface area contributed by atoms with Crippen molar-refractivity contribution in [2.45, 2.75) is 13.3 Å². The van der Waals surface area contributed by atoms with E-state index in [2.05, 4.69) is 36.2 Å². The minimum Gasteiger partial charge on any atom is -0.339 e. The summed E-state index contributed by atoms with van der Waals surface area (Å²) in [4.78, 5) is 0. The monoisotopic (exact) mass is 370 g/mol. The zero-order chi connectivity index (χ0) is 15.3. The van der Waals surface area contributed by atoms with Gasteiger partial charge < -0.3 is 5.32 Å². The van der Waals surface area contributed by atoms with Gasteiger partial charge in [0.2, 0.25) is 10.0 Å². The SMILES string of the molecule is CCCS(=O)(=O)Nc1ccc(Nc2ccc(Br)cc2)nn1. The largest absolute Gasteiger partial charge is 0.339 e. The molecule has 6 nitrogen and oxygen atoms in total. The van der Waals surface area contributed by atoms with Crippen molar-refractivity contribution in [1.82, 2.24) is 10.2 Å². The molecule has 0 atom stereocenters. The molecular weight excluding hydrogens is 356 g/mol. The number of nitrogens with zero attached hydrogens (tertiary/aromatic N) is 2. The molecule has 0 fully saturated rings. The molecule has 2 rings (SSSR count). The molecule has 0 aliphatic carbocycles. The predicted octanol–water partition coefficient (Wildman–Crippen LogP) is 3.13. The molecule has 21 heavy (non-hydrogen) atoms. The highest BCUT2D eigenvalue weighted by molar-refractivity contribution is 9.10. The van der Waals surface area contributed by atoms with Gasteiger partial charge in [-0.25, -0.2) is 8.42 Å². The van der Waals surface area contributed by atoms with Gasteiger partial charge in [0.05, 0.1) is 5.75 Å². The van der Waals surface area contributed by atoms with E-state index >= 15 is 0 Å². The highest BCUT2D eigenvalue weighted by atomic mass is 79.9. The van der Waals surface area contributed by atoms with E-state index in [4.69, 9.17) is 0 Å². The lowest BCUT2D eigenvalue weighted by Gasteiger charge is -2.07. The van der Waals surface area contributed by atoms with Gasteiger partial charge in [0.25, 0.3) is 0 Å². The average molecular weight is 371 g/mol. The van der Waals surface area contributed by atoms with E-state index in [1.807, 2.05) is 24.3 Å². The molecule has 1 heterocycles. The molecule has 8 heteroatoms. The van der Waals surface area contributed by atoms with Crippen molar-refractivity contribution in [3.8, 4) is 0 Å². The van der Waals surface area contributed by atoms with Gasteiger partial charge in [0, 0.05) is 10.2 Å². The second-order valence-corrected chi connectivity index (χ2v) is 7.11. The molecule has 0 aliphatic heterocycles. The smallest absolute Gasteiger partial charge is 0.233 e. The number of sulfonamides is 1. The number of hydrogen-bond donors (Lipinski definition) is 2. The van der Waals surface area contributed by atoms with Crippen LogP contribution in [0.25, 0.3) is 0 Å². The zero-order valence-electron chi connectivity index (χ0n) is 11.4. The molecule has 0 amide bonds. The maximum absolute atomic E-state index is 11.6. The van der Waals surface area contributed by atoms with Gasteiger partial charge in [-0.3, -0.25) is 4.72 Å². The van der Waals surface area contributed by atoms with E-state index < -0.39 is 10.0 Å². The second kappa shape index (κ2) is 6.86. The molecule has 0 saturated carbocycles. The topological polar surface area (TPSA) is 84.0 Å². The number of nitrogens with one attached hydrogen (secondary N) is 2. The van der Waals surface area contributed by atoms with Gasteiger partial charge >= 0.3 is 0 Å². The van der Waals surface area contributed by atoms with Gasteiger partial charge in [0.1, 0.15) is 0 Å². The summed E-state index contributed by atoms with van der Waals surface area (Å²) in [6.45, 7) is 1.80. The van der Waals surface area contributed by atoms with Gasteiger partial charge in [-0.05, 0) is 42.8 Å². The molecule has 2 N–H and O–H groups in total. The Labute approximate surface area is 132 Å². The summed E-state index contributed by atoms with van der Waals surface area (Å²) in [5.41, 5.74) is 0.867. The summed E-state index contributed by atoms with van der Waals surface area (Å²) in [6, 6.07) is 10.8. The van der Waals surface area contributed by atoms with Crippen molar-refractivity contribution in [3.63, 3.8) is 0 Å². The Balaban J connectivity index is 2.03. The highest BCUT2D eigenvalue weighted by Crippen LogP contribution is 2.18. The predicted molar refractivity (Wildman–Crippen MR) is 87.2 cm³/mol. The van der Waals surface area contributed by atoms with Crippen molar-refractivity contribution in [3.05, 3.63) is 40.9 Å². The summed E-state index contributed by atoms with van der Waals surface area (Å²) < 4.78 is 26.6. The van der Waals surface area contributed by atoms with Crippen LogP contribution in [0, 0.1) is 0 Å². The van der Waals surface area contributed by atoms with Crippen LogP contribution in [0.3, 0.4) is 0 Å². The third-order valence-electron chi connectivity index (χ3n) is 2.51. The van der Waals surface area contributed by atoms with Crippen LogP contribution in [-0.2, 0) is 10.0 Å². The first-order chi connectivity index (χ1) is 9.98. The normalized spacial score (nSPS) is 11.1. The first-order valence-corrected chi connectivity index (χ1v) is 8.80. The lowest BCUT2D eigenvalue weighted by atomic mass is 10.3. The Morgan fingerprint density at radius 3 is 2.24 bits per heavy atom. The van der Waals surface area contributed by atoms with Gasteiger partial charge in [-0.15, -0.1) is 10.2 Å². The first kappa shape index (κ1) is 15.7. The molecule has 0 bridgehead atoms. The summed E-state index contributed by atoms with van der Waals surface area (Å²) >= 11 is 3.36. The van der Waals surface area contributed by atoms with Crippen molar-refractivity contribution in [1.29, 1.82) is 0 Å². The fraction of sp³-hybridized carbons (Fsp3) is 0.231. The third kappa shape index (κ3) is 4.98. The molecule has 0 saturated heterocycles. The Morgan fingerprint density at radius 1 is 1.05 bits per heavy atom. The molecule has 0 radical (unpaired) electrons. The number of halogens is 1. The standard InChI is InChI=1S/C13H15BrN4O2S/c1-2-9-21(19,20)18-13-8-7-12(16-17-13)15-11-5-3-10(14)4-6-11/h3-8H,2,9H2,1H3,(H,15,16)(H,17,18). The number of hydrogen-bond acceptors (Lipinski definition) is 5. The van der Waals surface area contributed by atoms with Gasteiger partial charge in [-0.1, -0.05) is 22.9 Å². The molecule has 1 aromatic carbocycles. The van der Waals surface area contributed by atoms with E-state index in [0.29, 0.717) is 12.2 Å². The lowest BCUT2D eigenvalue weighted by Crippen LogP contribution is -2.17. The number of rotatable bonds is 6. The Hall–Kier alpha value is -1.67. The molecule has 112 valence electrons. The quantitative estimate of drug-likeness (QED) is 0.815. The van der Waals surface area contributed by atoms with Crippen LogP contribution in [0.15, 0.2) is 40.9 Å². The van der Waals surface area contributed by atoms with Crippen LogP contribution in [0.2, 0.25) is 0 Å². The van der Waals surface area contributed by atoms with Crippen LogP contribution in [0.4, 0.5) is 17.3 Å². The fourth-order valence-electron chi connectivity index (χ4n) is 1.61. The molecule has 2 aromatic rings. The summed E-state index contributed by atoms with van der Waals surface area (Å²) in [5, 5.41) is 10.9. The molecule has 1 aromatic heterocycles. The molecule has 0 unspecified atom stereocenters. The number of benzene rings is 1. The summed E-state index contributed by atoms with van der Waals surface area (Å²) in [7, 11) is -3.34. The Morgan fingerprint density at radius 2 is 1.67 bits per heavy atom. The van der Waals surface area contributed by atoms with Crippen LogP contribution in [0.5, 0.6) is 0 Å². The van der Waals surface area contributed by atoms with E-state index in [-0.39, 0.29) is 11.6 Å². The van der Waals surface area contributed by atoms with Crippen LogP contribution < -0.4 is 10.0 Å². The van der Waals surface area contributed by atoms with Crippen LogP contribution in [-0.4, -0.2) is 24.4 Å². The third-order valence-corrected chi connectivity index (χ3v) is 4.51. The summed E-state index contributed by atoms with van der Waals surface area (Å²) in [6.07, 6.45) is 0.548. The van der Waals surface area contributed by atoms with Crippen LogP contribution in [0.1, 0.15) is 13.3 Å². The molecular formula is C13H15BrN4O2S. The zero-order valence-corrected chi connectivity index (χ0v) is 13.8. The highest BCUT2D eigenvalue weighted by Gasteiger charge is 2.09. The second-order valence-electron chi connectivity index (χ2n) is 4.36. The van der Waals surface area contributed by atoms with Gasteiger partial charge in [-0.2, -0.15) is 0 Å². The van der Waals surface area contributed by atoms with Gasteiger partial charge in [0.15, 0.2) is 11.6 Å². The average Bonchev–Trinajstić information content (AvgIpc) is 2.43. The number of anilines is 3. The molecule has 0 spiro atoms. The van der Waals surface area contributed by atoms with E-state index in [9.17, 15) is 8.42 Å². The minimum absolute atomic E-state index is 0.0631. The van der Waals surface area contributed by atoms with Crippen molar-refractivity contribution in [2.75, 3.05) is 15.8 Å². The summed E-state index contributed by atoms with van der Waals surface area (Å²) in [5.74, 6) is 0.814. The van der Waals surface area contributed by atoms with Crippen LogP contribution >= 0.6 is 15.9 Å². The van der Waals surface area contributed by atoms with Crippen molar-refractivity contribution in [2.24, 2.45) is 0 Å². The van der Waals surface area contributed by atoms with E-state index in [1.165, 1.54) is 0 Å².